The average molecular weight is 135 g/mol. The molecule has 1 N–H and O–H groups in total. The molecule has 0 fully saturated rings. The van der Waals surface area contributed by atoms with Gasteiger partial charge < -0.3 is 0 Å². The van der Waals surface area contributed by atoms with Crippen molar-refractivity contribution in [2.24, 2.45) is 4.99 Å². The average Bonchev–Trinajstić information content (AvgIpc) is 2.36. The predicted molar refractivity (Wildman–Crippen MR) is 42.0 cm³/mol. The summed E-state index contributed by atoms with van der Waals surface area (Å²) in [4.78, 5) is 3.63. The van der Waals surface area contributed by atoms with Crippen LogP contribution in [0.3, 0.4) is 0 Å². The minimum absolute atomic E-state index is 0.970. The smallest absolute Gasteiger partial charge is 0.0623 e. The molecule has 0 amide bonds. The minimum Gasteiger partial charge on any atom is -0.278 e. The number of aromatic nitrogens is 2. The van der Waals surface area contributed by atoms with Crippen molar-refractivity contribution in [1.82, 2.24) is 10.2 Å². The fourth-order valence-electron chi connectivity index (χ4n) is 0.738. The van der Waals surface area contributed by atoms with Gasteiger partial charge in [0.15, 0.2) is 0 Å². The normalized spacial score (nSPS) is 14.1. The van der Waals surface area contributed by atoms with Crippen LogP contribution in [0.1, 0.15) is 6.92 Å². The maximum atomic E-state index is 3.84. The molecular weight excluding hydrogens is 126 g/mol. The van der Waals surface area contributed by atoms with Crippen LogP contribution in [0.2, 0.25) is 0 Å². The van der Waals surface area contributed by atoms with Crippen molar-refractivity contribution in [3.05, 3.63) is 16.8 Å². The molecule has 52 valence electrons. The third kappa shape index (κ3) is 1.13. The molecule has 1 rings (SSSR count). The maximum Gasteiger partial charge on any atom is 0.0623 e. The molecule has 1 heterocycles. The van der Waals surface area contributed by atoms with E-state index in [0.717, 1.165) is 10.6 Å². The predicted octanol–water partition coefficient (Wildman–Crippen LogP) is -0.351. The molecule has 0 aromatic carbocycles. The van der Waals surface area contributed by atoms with Crippen LogP contribution in [-0.4, -0.2) is 16.9 Å². The molecule has 0 aliphatic rings. The number of rotatable bonds is 1. The maximum absolute atomic E-state index is 3.84. The van der Waals surface area contributed by atoms with Gasteiger partial charge in [-0.15, -0.1) is 0 Å². The summed E-state index contributed by atoms with van der Waals surface area (Å²) in [5.74, 6) is 0. The molecule has 0 atom stereocenters. The lowest BCUT2D eigenvalue weighted by atomic mass is 10.4. The second-order valence-electron chi connectivity index (χ2n) is 1.84. The van der Waals surface area contributed by atoms with E-state index in [-0.39, 0.29) is 0 Å². The summed E-state index contributed by atoms with van der Waals surface area (Å²) in [5, 5.41) is 8.60. The van der Waals surface area contributed by atoms with Crippen LogP contribution in [0, 0.1) is 0 Å². The van der Waals surface area contributed by atoms with E-state index in [0.29, 0.717) is 0 Å². The van der Waals surface area contributed by atoms with Gasteiger partial charge in [0, 0.05) is 11.4 Å². The lowest BCUT2D eigenvalue weighted by molar-refractivity contribution is 1.06. The van der Waals surface area contributed by atoms with Gasteiger partial charge >= 0.3 is 0 Å². The number of aliphatic imine (C=N–C) groups is 1. The van der Waals surface area contributed by atoms with E-state index in [4.69, 9.17) is 0 Å². The zero-order valence-corrected chi connectivity index (χ0v) is 5.83. The molecule has 0 radical (unpaired) electrons. The van der Waals surface area contributed by atoms with Crippen molar-refractivity contribution in [2.75, 3.05) is 0 Å². The van der Waals surface area contributed by atoms with Gasteiger partial charge in [0.25, 0.3) is 0 Å². The van der Waals surface area contributed by atoms with Crippen LogP contribution >= 0.6 is 0 Å². The molecule has 0 saturated carbocycles. The molecule has 3 heteroatoms. The first kappa shape index (κ1) is 6.74. The van der Waals surface area contributed by atoms with E-state index in [2.05, 4.69) is 21.9 Å². The van der Waals surface area contributed by atoms with Crippen LogP contribution in [0.5, 0.6) is 0 Å². The zero-order valence-electron chi connectivity index (χ0n) is 5.83. The Morgan fingerprint density at radius 3 is 3.20 bits per heavy atom. The van der Waals surface area contributed by atoms with E-state index >= 15 is 0 Å². The lowest BCUT2D eigenvalue weighted by Gasteiger charge is -1.71. The topological polar surface area (TPSA) is 41.0 Å². The van der Waals surface area contributed by atoms with Crippen molar-refractivity contribution in [1.29, 1.82) is 0 Å². The van der Waals surface area contributed by atoms with E-state index in [1.165, 1.54) is 0 Å². The fourth-order valence-corrected chi connectivity index (χ4v) is 0.738. The quantitative estimate of drug-likeness (QED) is 0.525. The summed E-state index contributed by atoms with van der Waals surface area (Å²) in [6.45, 7) is 5.29. The van der Waals surface area contributed by atoms with Crippen LogP contribution in [-0.2, 0) is 0 Å². The number of nitrogens with zero attached hydrogens (tertiary/aromatic N) is 2. The molecule has 3 nitrogen and oxygen atoms in total. The van der Waals surface area contributed by atoms with Crippen molar-refractivity contribution in [3.8, 4) is 0 Å². The van der Waals surface area contributed by atoms with Gasteiger partial charge in [0.05, 0.1) is 11.5 Å². The molecule has 1 aromatic heterocycles. The Labute approximate surface area is 58.8 Å². The van der Waals surface area contributed by atoms with E-state index in [9.17, 15) is 0 Å². The first-order chi connectivity index (χ1) is 4.88. The molecular formula is C7H9N3. The minimum atomic E-state index is 0.970. The third-order valence-electron chi connectivity index (χ3n) is 1.22. The highest BCUT2D eigenvalue weighted by Gasteiger charge is 1.81. The van der Waals surface area contributed by atoms with E-state index in [1.807, 2.05) is 13.0 Å². The number of hydrogen-bond acceptors (Lipinski definition) is 2. The zero-order chi connectivity index (χ0) is 7.40. The molecule has 0 bridgehead atoms. The van der Waals surface area contributed by atoms with Gasteiger partial charge in [-0.3, -0.25) is 10.1 Å². The monoisotopic (exact) mass is 135 g/mol. The summed E-state index contributed by atoms with van der Waals surface area (Å²) in [7, 11) is 0. The van der Waals surface area contributed by atoms with Gasteiger partial charge in [-0.1, -0.05) is 6.08 Å². The molecule has 0 unspecified atom stereocenters. The molecule has 0 saturated heterocycles. The highest BCUT2D eigenvalue weighted by Crippen LogP contribution is 1.62. The SMILES string of the molecule is C=NC=c1cn[nH]c1=CC. The number of hydrogen-bond donors (Lipinski definition) is 1. The number of aromatic amines is 1. The Bertz CT molecular complexity index is 321. The van der Waals surface area contributed by atoms with Gasteiger partial charge in [-0.05, 0) is 13.6 Å². The highest BCUT2D eigenvalue weighted by atomic mass is 15.1. The first-order valence-electron chi connectivity index (χ1n) is 3.00. The van der Waals surface area contributed by atoms with Crippen molar-refractivity contribution >= 4 is 19.0 Å². The second kappa shape index (κ2) is 2.96. The highest BCUT2D eigenvalue weighted by molar-refractivity contribution is 5.36. The number of H-pyrrole nitrogens is 1. The van der Waals surface area contributed by atoms with Crippen LogP contribution in [0.4, 0.5) is 0 Å². The molecule has 0 aliphatic heterocycles. The lowest BCUT2D eigenvalue weighted by Crippen LogP contribution is -2.20. The summed E-state index contributed by atoms with van der Waals surface area (Å²) >= 11 is 0. The summed E-state index contributed by atoms with van der Waals surface area (Å²) in [6, 6.07) is 0. The van der Waals surface area contributed by atoms with Gasteiger partial charge in [-0.25, -0.2) is 0 Å². The second-order valence-corrected chi connectivity index (χ2v) is 1.84. The molecule has 1 aromatic rings. The Morgan fingerprint density at radius 2 is 2.60 bits per heavy atom. The van der Waals surface area contributed by atoms with Gasteiger partial charge in [0.2, 0.25) is 0 Å². The first-order valence-corrected chi connectivity index (χ1v) is 3.00. The van der Waals surface area contributed by atoms with E-state index in [1.54, 1.807) is 12.4 Å². The summed E-state index contributed by atoms with van der Waals surface area (Å²) in [5.41, 5.74) is 0. The summed E-state index contributed by atoms with van der Waals surface area (Å²) in [6.07, 6.45) is 5.31. The van der Waals surface area contributed by atoms with E-state index < -0.39 is 0 Å². The Kier molecular flexibility index (Phi) is 1.99. The Hall–Kier alpha value is -1.38. The van der Waals surface area contributed by atoms with Crippen LogP contribution in [0.15, 0.2) is 11.2 Å². The van der Waals surface area contributed by atoms with Gasteiger partial charge in [-0.2, -0.15) is 5.10 Å². The molecule has 0 aliphatic carbocycles. The summed E-state index contributed by atoms with van der Waals surface area (Å²) < 4.78 is 0. The van der Waals surface area contributed by atoms with Crippen molar-refractivity contribution < 1.29 is 0 Å². The molecule has 10 heavy (non-hydrogen) atoms. The standard InChI is InChI=1S/C7H9N3/c1-3-7-6(4-8-2)5-9-10-7/h3-5,10H,2H2,1H3. The Morgan fingerprint density at radius 1 is 1.80 bits per heavy atom. The number of nitrogens with one attached hydrogen (secondary N) is 1. The van der Waals surface area contributed by atoms with Crippen molar-refractivity contribution in [2.45, 2.75) is 6.92 Å². The van der Waals surface area contributed by atoms with Gasteiger partial charge in [0.1, 0.15) is 0 Å². The Balaban J connectivity index is 3.41. The largest absolute Gasteiger partial charge is 0.278 e. The van der Waals surface area contributed by atoms with Crippen molar-refractivity contribution in [3.63, 3.8) is 0 Å². The molecule has 0 spiro atoms. The van der Waals surface area contributed by atoms with Crippen LogP contribution in [0.25, 0.3) is 12.3 Å². The fraction of sp³-hybridized carbons (Fsp3) is 0.143. The third-order valence-corrected chi connectivity index (χ3v) is 1.22. The van der Waals surface area contributed by atoms with Crippen LogP contribution < -0.4 is 10.6 Å².